The summed E-state index contributed by atoms with van der Waals surface area (Å²) < 4.78 is 5.55. The summed E-state index contributed by atoms with van der Waals surface area (Å²) in [7, 11) is 4.33. The average molecular weight is 476 g/mol. The van der Waals surface area contributed by atoms with E-state index in [0.717, 1.165) is 22.5 Å². The number of nitrogens with one attached hydrogen (secondary N) is 3. The molecule has 1 saturated carbocycles. The third-order valence-corrected chi connectivity index (χ3v) is 7.14. The maximum absolute atomic E-state index is 13.1. The number of H-pyrrole nitrogens is 1. The normalized spacial score (nSPS) is 19.4. The van der Waals surface area contributed by atoms with Crippen molar-refractivity contribution in [3.05, 3.63) is 39.5 Å². The number of aromatic nitrogens is 2. The highest BCUT2D eigenvalue weighted by molar-refractivity contribution is 6.31. The standard InChI is InChI=1S/C25H38ClN5O2/c1-7-33-25-22(17(4)29-30-25)14-27-24(32)21-12-19(26)13-23(15(21)2)28-16(3)18-8-10-20(11-9-18)31(5)6/h12-13,16,18,20,28H,7-11,14H2,1-6H3,(H,27,32)(H,29,30)/t16?,18-,20-. The molecule has 1 atom stereocenters. The number of ether oxygens (including phenoxy) is 1. The molecule has 33 heavy (non-hydrogen) atoms. The number of aryl methyl sites for hydroxylation is 1. The van der Waals surface area contributed by atoms with Crippen LogP contribution in [-0.4, -0.2) is 53.8 Å². The van der Waals surface area contributed by atoms with E-state index < -0.39 is 0 Å². The highest BCUT2D eigenvalue weighted by Crippen LogP contribution is 2.32. The van der Waals surface area contributed by atoms with Gasteiger partial charge in [0.15, 0.2) is 0 Å². The van der Waals surface area contributed by atoms with Crippen molar-refractivity contribution in [2.24, 2.45) is 5.92 Å². The first kappa shape index (κ1) is 25.4. The summed E-state index contributed by atoms with van der Waals surface area (Å²) in [6.07, 6.45) is 4.86. The Morgan fingerprint density at radius 3 is 2.61 bits per heavy atom. The van der Waals surface area contributed by atoms with Gasteiger partial charge in [0.1, 0.15) is 0 Å². The third-order valence-electron chi connectivity index (χ3n) is 6.92. The number of anilines is 1. The number of halogens is 1. The van der Waals surface area contributed by atoms with E-state index in [1.165, 1.54) is 25.7 Å². The zero-order chi connectivity index (χ0) is 24.1. The molecule has 2 aromatic rings. The molecule has 0 bridgehead atoms. The Bertz CT molecular complexity index is 951. The third kappa shape index (κ3) is 6.21. The average Bonchev–Trinajstić information content (AvgIpc) is 3.13. The number of hydrogen-bond donors (Lipinski definition) is 3. The Kier molecular flexibility index (Phi) is 8.65. The molecule has 1 aliphatic rings. The van der Waals surface area contributed by atoms with Crippen LogP contribution in [0.2, 0.25) is 5.02 Å². The Balaban J connectivity index is 1.68. The fraction of sp³-hybridized carbons (Fsp3) is 0.600. The van der Waals surface area contributed by atoms with Gasteiger partial charge in [-0.05, 0) is 91.1 Å². The molecule has 1 heterocycles. The van der Waals surface area contributed by atoms with Crippen LogP contribution in [0.3, 0.4) is 0 Å². The molecule has 1 aliphatic carbocycles. The van der Waals surface area contributed by atoms with Gasteiger partial charge in [-0.1, -0.05) is 11.6 Å². The van der Waals surface area contributed by atoms with E-state index in [4.69, 9.17) is 16.3 Å². The molecule has 8 heteroatoms. The summed E-state index contributed by atoms with van der Waals surface area (Å²) in [6.45, 7) is 8.87. The Labute approximate surface area is 202 Å². The number of hydrogen-bond acceptors (Lipinski definition) is 5. The predicted molar refractivity (Wildman–Crippen MR) is 134 cm³/mol. The zero-order valence-electron chi connectivity index (χ0n) is 20.7. The number of aromatic amines is 1. The van der Waals surface area contributed by atoms with Crippen molar-refractivity contribution in [3.63, 3.8) is 0 Å². The van der Waals surface area contributed by atoms with Gasteiger partial charge in [-0.25, -0.2) is 0 Å². The summed E-state index contributed by atoms with van der Waals surface area (Å²) in [5, 5.41) is 14.3. The van der Waals surface area contributed by atoms with Gasteiger partial charge in [-0.3, -0.25) is 9.89 Å². The number of carbonyl (C=O) groups is 1. The van der Waals surface area contributed by atoms with E-state index in [9.17, 15) is 4.79 Å². The van der Waals surface area contributed by atoms with Crippen LogP contribution in [0.5, 0.6) is 5.88 Å². The van der Waals surface area contributed by atoms with Gasteiger partial charge >= 0.3 is 0 Å². The predicted octanol–water partition coefficient (Wildman–Crippen LogP) is 4.93. The molecule has 7 nitrogen and oxygen atoms in total. The molecule has 1 fully saturated rings. The first-order chi connectivity index (χ1) is 15.7. The van der Waals surface area contributed by atoms with Crippen LogP contribution < -0.4 is 15.4 Å². The maximum atomic E-state index is 13.1. The summed E-state index contributed by atoms with van der Waals surface area (Å²) in [5.41, 5.74) is 4.13. The van der Waals surface area contributed by atoms with Crippen LogP contribution in [0.25, 0.3) is 0 Å². The van der Waals surface area contributed by atoms with E-state index in [1.54, 1.807) is 6.07 Å². The van der Waals surface area contributed by atoms with E-state index in [0.29, 0.717) is 47.6 Å². The van der Waals surface area contributed by atoms with Crippen molar-refractivity contribution in [1.82, 2.24) is 20.4 Å². The van der Waals surface area contributed by atoms with Gasteiger partial charge in [-0.2, -0.15) is 0 Å². The minimum Gasteiger partial charge on any atom is -0.477 e. The molecule has 1 amide bonds. The quantitative estimate of drug-likeness (QED) is 0.479. The lowest BCUT2D eigenvalue weighted by molar-refractivity contribution is 0.0950. The van der Waals surface area contributed by atoms with Crippen molar-refractivity contribution in [3.8, 4) is 5.88 Å². The molecule has 0 aliphatic heterocycles. The molecular formula is C25H38ClN5O2. The minimum absolute atomic E-state index is 0.166. The molecule has 1 aromatic carbocycles. The molecule has 0 saturated heterocycles. The monoisotopic (exact) mass is 475 g/mol. The van der Waals surface area contributed by atoms with E-state index in [1.807, 2.05) is 26.8 Å². The molecular weight excluding hydrogens is 438 g/mol. The van der Waals surface area contributed by atoms with Gasteiger partial charge in [-0.15, -0.1) is 5.10 Å². The number of benzene rings is 1. The first-order valence-corrected chi connectivity index (χ1v) is 12.3. The molecule has 3 N–H and O–H groups in total. The lowest BCUT2D eigenvalue weighted by atomic mass is 9.81. The highest BCUT2D eigenvalue weighted by Gasteiger charge is 2.27. The van der Waals surface area contributed by atoms with Crippen molar-refractivity contribution in [1.29, 1.82) is 0 Å². The van der Waals surface area contributed by atoms with Crippen molar-refractivity contribution < 1.29 is 9.53 Å². The van der Waals surface area contributed by atoms with Crippen LogP contribution in [0.1, 0.15) is 66.7 Å². The Hall–Kier alpha value is -2.25. The second kappa shape index (κ2) is 11.3. The second-order valence-electron chi connectivity index (χ2n) is 9.34. The van der Waals surface area contributed by atoms with Gasteiger partial charge < -0.3 is 20.3 Å². The largest absolute Gasteiger partial charge is 0.477 e. The highest BCUT2D eigenvalue weighted by atomic mass is 35.5. The van der Waals surface area contributed by atoms with Gasteiger partial charge in [0.05, 0.1) is 18.7 Å². The van der Waals surface area contributed by atoms with E-state index in [2.05, 4.69) is 46.7 Å². The summed E-state index contributed by atoms with van der Waals surface area (Å²) in [4.78, 5) is 15.4. The number of amides is 1. The fourth-order valence-electron chi connectivity index (χ4n) is 4.70. The number of rotatable bonds is 9. The van der Waals surface area contributed by atoms with Gasteiger partial charge in [0, 0.05) is 34.1 Å². The summed E-state index contributed by atoms with van der Waals surface area (Å²) >= 11 is 6.42. The molecule has 0 radical (unpaired) electrons. The smallest absolute Gasteiger partial charge is 0.251 e. The minimum atomic E-state index is -0.166. The van der Waals surface area contributed by atoms with Crippen molar-refractivity contribution >= 4 is 23.2 Å². The molecule has 3 rings (SSSR count). The molecule has 182 valence electrons. The van der Waals surface area contributed by atoms with Crippen molar-refractivity contribution in [2.45, 2.75) is 72.0 Å². The maximum Gasteiger partial charge on any atom is 0.251 e. The van der Waals surface area contributed by atoms with Crippen LogP contribution in [-0.2, 0) is 6.54 Å². The first-order valence-electron chi connectivity index (χ1n) is 11.9. The molecule has 1 unspecified atom stereocenters. The second-order valence-corrected chi connectivity index (χ2v) is 9.78. The number of nitrogens with zero attached hydrogens (tertiary/aromatic N) is 2. The van der Waals surface area contributed by atoms with Crippen LogP contribution >= 0.6 is 11.6 Å². The van der Waals surface area contributed by atoms with E-state index >= 15 is 0 Å². The SMILES string of the molecule is CCOc1n[nH]c(C)c1CNC(=O)c1cc(Cl)cc(NC(C)[C@H]2CC[C@H](N(C)C)CC2)c1C. The number of carbonyl (C=O) groups excluding carboxylic acids is 1. The fourth-order valence-corrected chi connectivity index (χ4v) is 4.92. The topological polar surface area (TPSA) is 82.3 Å². The van der Waals surface area contributed by atoms with Gasteiger partial charge in [0.25, 0.3) is 5.91 Å². The summed E-state index contributed by atoms with van der Waals surface area (Å²) in [5.74, 6) is 0.969. The Morgan fingerprint density at radius 1 is 1.27 bits per heavy atom. The van der Waals surface area contributed by atoms with Crippen LogP contribution in [0, 0.1) is 19.8 Å². The zero-order valence-corrected chi connectivity index (χ0v) is 21.5. The lowest BCUT2D eigenvalue weighted by Crippen LogP contribution is -2.36. The molecule has 0 spiro atoms. The van der Waals surface area contributed by atoms with Crippen molar-refractivity contribution in [2.75, 3.05) is 26.0 Å². The van der Waals surface area contributed by atoms with Crippen LogP contribution in [0.15, 0.2) is 12.1 Å². The lowest BCUT2D eigenvalue weighted by Gasteiger charge is -2.36. The summed E-state index contributed by atoms with van der Waals surface area (Å²) in [6, 6.07) is 4.64. The van der Waals surface area contributed by atoms with Gasteiger partial charge in [0.2, 0.25) is 5.88 Å². The van der Waals surface area contributed by atoms with E-state index in [-0.39, 0.29) is 5.91 Å². The Morgan fingerprint density at radius 2 is 1.97 bits per heavy atom. The molecule has 1 aromatic heterocycles. The van der Waals surface area contributed by atoms with Crippen LogP contribution in [0.4, 0.5) is 5.69 Å².